The van der Waals surface area contributed by atoms with Crippen molar-refractivity contribution < 1.29 is 50.0 Å². The molecule has 2 heterocycles. The molecule has 0 aromatic heterocycles. The van der Waals surface area contributed by atoms with E-state index in [4.69, 9.17) is 37.1 Å². The lowest BCUT2D eigenvalue weighted by Gasteiger charge is -2.52. The molecular formula is C25H52N6O10. The zero-order chi connectivity index (χ0) is 30.3. The Bertz CT molecular complexity index is 758. The highest BCUT2D eigenvalue weighted by Crippen LogP contribution is 2.37. The predicted octanol–water partition coefficient (Wildman–Crippen LogP) is -6.67. The van der Waals surface area contributed by atoms with Gasteiger partial charge in [0.15, 0.2) is 6.29 Å². The molecule has 2 aliphatic heterocycles. The summed E-state index contributed by atoms with van der Waals surface area (Å²) in [5.41, 5.74) is 24.1. The Morgan fingerprint density at radius 3 is 2.24 bits per heavy atom. The van der Waals surface area contributed by atoms with Gasteiger partial charge in [-0.2, -0.15) is 0 Å². The molecule has 16 heteroatoms. The smallest absolute Gasteiger partial charge is 0.186 e. The predicted molar refractivity (Wildman–Crippen MR) is 146 cm³/mol. The van der Waals surface area contributed by atoms with Crippen molar-refractivity contribution in [3.05, 3.63) is 0 Å². The second kappa shape index (κ2) is 16.4. The minimum absolute atomic E-state index is 0.222. The van der Waals surface area contributed by atoms with Crippen LogP contribution in [0.2, 0.25) is 0 Å². The molecule has 1 aliphatic carbocycles. The maximum Gasteiger partial charge on any atom is 0.186 e. The van der Waals surface area contributed by atoms with Crippen LogP contribution in [0, 0.1) is 5.92 Å². The summed E-state index contributed by atoms with van der Waals surface area (Å²) in [4.78, 5) is 0. The average Bonchev–Trinajstić information content (AvgIpc) is 2.96. The second-order valence-corrected chi connectivity index (χ2v) is 11.5. The second-order valence-electron chi connectivity index (χ2n) is 11.5. The molecule has 1 saturated carbocycles. The minimum atomic E-state index is -1.49. The van der Waals surface area contributed by atoms with Gasteiger partial charge in [0.2, 0.25) is 0 Å². The Balaban J connectivity index is 1.88. The molecule has 242 valence electrons. The molecule has 0 amide bonds. The zero-order valence-corrected chi connectivity index (χ0v) is 23.4. The van der Waals surface area contributed by atoms with Crippen LogP contribution in [0.5, 0.6) is 0 Å². The van der Waals surface area contributed by atoms with E-state index in [-0.39, 0.29) is 31.7 Å². The lowest BCUT2D eigenvalue weighted by atomic mass is 9.72. The maximum atomic E-state index is 11.8. The van der Waals surface area contributed by atoms with E-state index in [1.165, 1.54) is 0 Å². The summed E-state index contributed by atoms with van der Waals surface area (Å²) >= 11 is 0. The van der Waals surface area contributed by atoms with E-state index in [1.54, 1.807) is 0 Å². The van der Waals surface area contributed by atoms with E-state index >= 15 is 0 Å². The van der Waals surface area contributed by atoms with Gasteiger partial charge in [0.05, 0.1) is 56.3 Å². The normalized spacial score (nSPS) is 42.9. The monoisotopic (exact) mass is 596 g/mol. The van der Waals surface area contributed by atoms with Crippen LogP contribution in [0.3, 0.4) is 0 Å². The molecule has 17 N–H and O–H groups in total. The topological polar surface area (TPSA) is 297 Å². The number of aliphatic hydroxyl groups is 7. The van der Waals surface area contributed by atoms with Gasteiger partial charge in [-0.15, -0.1) is 0 Å². The summed E-state index contributed by atoms with van der Waals surface area (Å²) in [5.74, 6) is -0.702. The van der Waals surface area contributed by atoms with E-state index in [0.717, 1.165) is 0 Å². The summed E-state index contributed by atoms with van der Waals surface area (Å²) in [6.45, 7) is -0.528. The number of aliphatic hydroxyl groups excluding tert-OH is 7. The Labute approximate surface area is 240 Å². The van der Waals surface area contributed by atoms with Crippen LogP contribution in [0.15, 0.2) is 0 Å². The van der Waals surface area contributed by atoms with Crippen LogP contribution in [0.1, 0.15) is 25.7 Å². The molecule has 3 fully saturated rings. The van der Waals surface area contributed by atoms with Crippen molar-refractivity contribution in [2.75, 3.05) is 39.5 Å². The number of nitrogens with one attached hydrogen (secondary N) is 2. The molecule has 2 saturated heterocycles. The van der Waals surface area contributed by atoms with Gasteiger partial charge in [-0.25, -0.2) is 0 Å². The van der Waals surface area contributed by atoms with E-state index in [0.29, 0.717) is 25.8 Å². The van der Waals surface area contributed by atoms with Crippen LogP contribution < -0.4 is 33.6 Å². The van der Waals surface area contributed by atoms with Gasteiger partial charge < -0.3 is 83.5 Å². The Kier molecular flexibility index (Phi) is 14.0. The van der Waals surface area contributed by atoms with Crippen molar-refractivity contribution in [2.45, 2.75) is 111 Å². The van der Waals surface area contributed by atoms with E-state index in [9.17, 15) is 35.7 Å². The fourth-order valence-electron chi connectivity index (χ4n) is 6.17. The highest BCUT2D eigenvalue weighted by atomic mass is 16.7. The number of nitrogens with two attached hydrogens (primary N) is 4. The molecule has 2 unspecified atom stereocenters. The molecular weight excluding hydrogens is 544 g/mol. The molecule has 3 aliphatic rings. The van der Waals surface area contributed by atoms with Crippen molar-refractivity contribution >= 4 is 0 Å². The third-order valence-electron chi connectivity index (χ3n) is 8.57. The van der Waals surface area contributed by atoms with Gasteiger partial charge in [0.1, 0.15) is 24.4 Å². The molecule has 0 radical (unpaired) electrons. The number of hydrogen-bond donors (Lipinski definition) is 13. The summed E-state index contributed by atoms with van der Waals surface area (Å²) in [6.07, 6.45) is -7.42. The van der Waals surface area contributed by atoms with Gasteiger partial charge in [0.25, 0.3) is 0 Å². The van der Waals surface area contributed by atoms with Gasteiger partial charge in [-0.3, -0.25) is 0 Å². The highest BCUT2D eigenvalue weighted by Gasteiger charge is 2.53. The Hall–Kier alpha value is -0.640. The third-order valence-corrected chi connectivity index (χ3v) is 8.57. The van der Waals surface area contributed by atoms with E-state index < -0.39 is 98.9 Å². The summed E-state index contributed by atoms with van der Waals surface area (Å²) in [6, 6.07) is -3.58. The van der Waals surface area contributed by atoms with Crippen molar-refractivity contribution in [3.8, 4) is 0 Å². The van der Waals surface area contributed by atoms with Crippen LogP contribution in [0.25, 0.3) is 0 Å². The lowest BCUT2D eigenvalue weighted by molar-refractivity contribution is -0.307. The van der Waals surface area contributed by atoms with Gasteiger partial charge >= 0.3 is 0 Å². The number of ether oxygens (including phenoxy) is 3. The van der Waals surface area contributed by atoms with Crippen molar-refractivity contribution in [1.82, 2.24) is 10.6 Å². The first-order valence-electron chi connectivity index (χ1n) is 14.5. The van der Waals surface area contributed by atoms with Crippen molar-refractivity contribution in [1.29, 1.82) is 0 Å². The van der Waals surface area contributed by atoms with Crippen LogP contribution in [-0.4, -0.2) is 161 Å². The SMILES string of the molecule is NCCC(O)CN[C@@H]1CC[C@@H](CN)O[C@@H]1C1[C@@H](N)C[C@@H](NC(CO)CO)[C@H](O[C@H]2O[C@H](CO)[C@@H](O)[C@H](N)[C@H]2O)[C@H]1O. The lowest BCUT2D eigenvalue weighted by Crippen LogP contribution is -2.70. The summed E-state index contributed by atoms with van der Waals surface area (Å²) < 4.78 is 18.1. The fraction of sp³-hybridized carbons (Fsp3) is 1.00. The quantitative estimate of drug-likeness (QED) is 0.0886. The summed E-state index contributed by atoms with van der Waals surface area (Å²) in [5, 5.41) is 78.5. The molecule has 0 spiro atoms. The molecule has 14 atom stereocenters. The summed E-state index contributed by atoms with van der Waals surface area (Å²) in [7, 11) is 0. The van der Waals surface area contributed by atoms with Crippen molar-refractivity contribution in [2.24, 2.45) is 28.9 Å². The molecule has 0 bridgehead atoms. The fourth-order valence-corrected chi connectivity index (χ4v) is 6.17. The van der Waals surface area contributed by atoms with Crippen LogP contribution >= 0.6 is 0 Å². The molecule has 0 aromatic rings. The Morgan fingerprint density at radius 1 is 0.927 bits per heavy atom. The molecule has 16 nitrogen and oxygen atoms in total. The minimum Gasteiger partial charge on any atom is -0.395 e. The first kappa shape index (κ1) is 34.8. The zero-order valence-electron chi connectivity index (χ0n) is 23.4. The van der Waals surface area contributed by atoms with E-state index in [2.05, 4.69) is 10.6 Å². The Morgan fingerprint density at radius 2 is 1.63 bits per heavy atom. The van der Waals surface area contributed by atoms with Gasteiger partial charge in [-0.05, 0) is 32.2 Å². The first-order valence-corrected chi connectivity index (χ1v) is 14.5. The van der Waals surface area contributed by atoms with Crippen molar-refractivity contribution in [3.63, 3.8) is 0 Å². The third kappa shape index (κ3) is 8.51. The first-order chi connectivity index (χ1) is 19.6. The van der Waals surface area contributed by atoms with Crippen LogP contribution in [-0.2, 0) is 14.2 Å². The molecule has 3 rings (SSSR count). The van der Waals surface area contributed by atoms with Gasteiger partial charge in [0, 0.05) is 37.1 Å². The van der Waals surface area contributed by atoms with Crippen LogP contribution in [0.4, 0.5) is 0 Å². The number of hydrogen-bond acceptors (Lipinski definition) is 16. The molecule has 41 heavy (non-hydrogen) atoms. The maximum absolute atomic E-state index is 11.8. The highest BCUT2D eigenvalue weighted by molar-refractivity contribution is 5.06. The standard InChI is InChI=1S/C25H52N6O10/c26-4-3-12(35)7-30-15-2-1-13(6-27)39-23(15)18-14(28)5-16(31-11(8-32)9-33)24(21(18)37)41-25-22(38)19(29)20(36)17(10-34)40-25/h11-25,30-38H,1-10,26-29H2/t12?,13-,14-,15+,16+,17+,18?,19-,20+,21-,22+,23-,24-,25+/m0/s1. The van der Waals surface area contributed by atoms with Gasteiger partial charge in [-0.1, -0.05) is 0 Å². The number of rotatable bonds is 14. The molecule has 0 aromatic carbocycles. The largest absolute Gasteiger partial charge is 0.395 e. The average molecular weight is 597 g/mol. The van der Waals surface area contributed by atoms with E-state index in [1.807, 2.05) is 0 Å².